The molecule has 0 fully saturated rings. The lowest BCUT2D eigenvalue weighted by Crippen LogP contribution is -2.20. The summed E-state index contributed by atoms with van der Waals surface area (Å²) >= 11 is 3.57. The monoisotopic (exact) mass is 292 g/mol. The Kier molecular flexibility index (Phi) is 2.97. The van der Waals surface area contributed by atoms with Crippen molar-refractivity contribution in [1.29, 1.82) is 0 Å². The molecule has 2 aromatic rings. The van der Waals surface area contributed by atoms with Crippen LogP contribution in [0.4, 0.5) is 0 Å². The van der Waals surface area contributed by atoms with Gasteiger partial charge < -0.3 is 10.3 Å². The van der Waals surface area contributed by atoms with Gasteiger partial charge in [-0.15, -0.1) is 0 Å². The van der Waals surface area contributed by atoms with E-state index in [1.165, 1.54) is 40.3 Å². The van der Waals surface area contributed by atoms with Gasteiger partial charge in [0.25, 0.3) is 0 Å². The third-order valence-electron chi connectivity index (χ3n) is 3.72. The molecule has 0 radical (unpaired) electrons. The van der Waals surface area contributed by atoms with Crippen molar-refractivity contribution in [3.05, 3.63) is 33.9 Å². The number of hydrogen-bond acceptors (Lipinski definition) is 1. The van der Waals surface area contributed by atoms with E-state index >= 15 is 0 Å². The largest absolute Gasteiger partial charge is 0.358 e. The molecule has 1 aromatic heterocycles. The Hall–Kier alpha value is -0.800. The molecule has 1 unspecified atom stereocenters. The number of aromatic amines is 1. The Balaban J connectivity index is 2.18. The molecule has 3 rings (SSSR count). The molecule has 0 saturated carbocycles. The van der Waals surface area contributed by atoms with Crippen LogP contribution in [-0.4, -0.2) is 18.6 Å². The Morgan fingerprint density at radius 2 is 2.35 bits per heavy atom. The summed E-state index contributed by atoms with van der Waals surface area (Å²) in [5.74, 6) is 0.659. The summed E-state index contributed by atoms with van der Waals surface area (Å²) in [5.41, 5.74) is 4.27. The predicted molar refractivity (Wildman–Crippen MR) is 75.6 cm³/mol. The summed E-state index contributed by atoms with van der Waals surface area (Å²) in [6, 6.07) is 6.53. The quantitative estimate of drug-likeness (QED) is 0.870. The first kappa shape index (κ1) is 11.3. The van der Waals surface area contributed by atoms with Crippen LogP contribution in [0.15, 0.2) is 22.7 Å². The minimum Gasteiger partial charge on any atom is -0.358 e. The van der Waals surface area contributed by atoms with E-state index in [1.54, 1.807) is 5.56 Å². The number of benzene rings is 1. The Morgan fingerprint density at radius 1 is 1.47 bits per heavy atom. The predicted octanol–water partition coefficient (Wildman–Crippen LogP) is 3.57. The van der Waals surface area contributed by atoms with Crippen LogP contribution in [0.2, 0.25) is 0 Å². The molecule has 0 amide bonds. The van der Waals surface area contributed by atoms with Crippen LogP contribution in [0.5, 0.6) is 0 Å². The third kappa shape index (κ3) is 1.91. The number of fused-ring (bicyclic) bond motifs is 3. The second-order valence-electron chi connectivity index (χ2n) is 4.85. The Morgan fingerprint density at radius 3 is 3.18 bits per heavy atom. The number of halogens is 1. The lowest BCUT2D eigenvalue weighted by atomic mass is 9.85. The molecular formula is C14H17BrN2. The number of rotatable bonds is 2. The van der Waals surface area contributed by atoms with E-state index in [2.05, 4.69) is 44.4 Å². The highest BCUT2D eigenvalue weighted by Gasteiger charge is 2.23. The summed E-state index contributed by atoms with van der Waals surface area (Å²) in [6.45, 7) is 1.08. The standard InChI is InChI=1S/C14H17BrN2/c1-16-8-9-3-2-4-13-14(9)11-7-10(15)5-6-12(11)17-13/h5-7,9,16-17H,2-4,8H2,1H3. The number of likely N-dealkylation sites (N-methyl/N-ethyl adjacent to an activating group) is 1. The fourth-order valence-electron chi connectivity index (χ4n) is 3.02. The molecule has 1 heterocycles. The van der Waals surface area contributed by atoms with Crippen molar-refractivity contribution < 1.29 is 0 Å². The van der Waals surface area contributed by atoms with Crippen molar-refractivity contribution >= 4 is 26.8 Å². The second kappa shape index (κ2) is 4.46. The van der Waals surface area contributed by atoms with Gasteiger partial charge in [-0.25, -0.2) is 0 Å². The number of aromatic nitrogens is 1. The molecule has 0 aliphatic heterocycles. The SMILES string of the molecule is CNCC1CCCc2[nH]c3ccc(Br)cc3c21. The molecule has 1 atom stereocenters. The van der Waals surface area contributed by atoms with E-state index in [0.717, 1.165) is 6.54 Å². The van der Waals surface area contributed by atoms with E-state index < -0.39 is 0 Å². The van der Waals surface area contributed by atoms with E-state index in [1.807, 2.05) is 7.05 Å². The third-order valence-corrected chi connectivity index (χ3v) is 4.21. The first-order chi connectivity index (χ1) is 8.29. The topological polar surface area (TPSA) is 27.8 Å². The Bertz CT molecular complexity index is 544. The van der Waals surface area contributed by atoms with Crippen LogP contribution in [0.25, 0.3) is 10.9 Å². The van der Waals surface area contributed by atoms with E-state index in [4.69, 9.17) is 0 Å². The van der Waals surface area contributed by atoms with Crippen molar-refractivity contribution in [3.8, 4) is 0 Å². The molecular weight excluding hydrogens is 276 g/mol. The summed E-state index contributed by atoms with van der Waals surface area (Å²) in [4.78, 5) is 3.58. The lowest BCUT2D eigenvalue weighted by molar-refractivity contribution is 0.529. The van der Waals surface area contributed by atoms with Gasteiger partial charge >= 0.3 is 0 Å². The molecule has 90 valence electrons. The normalized spacial score (nSPS) is 19.5. The van der Waals surface area contributed by atoms with Crippen LogP contribution in [-0.2, 0) is 6.42 Å². The van der Waals surface area contributed by atoms with Gasteiger partial charge in [0.15, 0.2) is 0 Å². The first-order valence-corrected chi connectivity index (χ1v) is 7.03. The van der Waals surface area contributed by atoms with Gasteiger partial charge in [-0.2, -0.15) is 0 Å². The average molecular weight is 293 g/mol. The van der Waals surface area contributed by atoms with Crippen molar-refractivity contribution in [2.45, 2.75) is 25.2 Å². The van der Waals surface area contributed by atoms with Crippen LogP contribution in [0.3, 0.4) is 0 Å². The number of nitrogens with one attached hydrogen (secondary N) is 2. The number of hydrogen-bond donors (Lipinski definition) is 2. The molecule has 0 bridgehead atoms. The van der Waals surface area contributed by atoms with E-state index in [0.29, 0.717) is 5.92 Å². The smallest absolute Gasteiger partial charge is 0.0459 e. The number of H-pyrrole nitrogens is 1. The van der Waals surface area contributed by atoms with Gasteiger partial charge in [0.05, 0.1) is 0 Å². The molecule has 0 saturated heterocycles. The molecule has 2 nitrogen and oxygen atoms in total. The van der Waals surface area contributed by atoms with Gasteiger partial charge in [0.1, 0.15) is 0 Å². The van der Waals surface area contributed by atoms with Crippen LogP contribution < -0.4 is 5.32 Å². The fraction of sp³-hybridized carbons (Fsp3) is 0.429. The molecule has 2 N–H and O–H groups in total. The molecule has 17 heavy (non-hydrogen) atoms. The molecule has 1 aromatic carbocycles. The second-order valence-corrected chi connectivity index (χ2v) is 5.77. The van der Waals surface area contributed by atoms with Gasteiger partial charge in [-0.05, 0) is 56.0 Å². The molecule has 0 spiro atoms. The molecule has 1 aliphatic carbocycles. The van der Waals surface area contributed by atoms with E-state index in [-0.39, 0.29) is 0 Å². The average Bonchev–Trinajstić information content (AvgIpc) is 2.68. The maximum Gasteiger partial charge on any atom is 0.0459 e. The van der Waals surface area contributed by atoms with Gasteiger partial charge in [0, 0.05) is 27.6 Å². The van der Waals surface area contributed by atoms with Crippen molar-refractivity contribution in [3.63, 3.8) is 0 Å². The van der Waals surface area contributed by atoms with Crippen LogP contribution in [0.1, 0.15) is 30.0 Å². The Labute approximate surface area is 110 Å². The van der Waals surface area contributed by atoms with Crippen LogP contribution >= 0.6 is 15.9 Å². The minimum atomic E-state index is 0.659. The van der Waals surface area contributed by atoms with Gasteiger partial charge in [-0.3, -0.25) is 0 Å². The summed E-state index contributed by atoms with van der Waals surface area (Å²) in [5, 5.41) is 4.72. The zero-order valence-corrected chi connectivity index (χ0v) is 11.6. The van der Waals surface area contributed by atoms with Crippen molar-refractivity contribution in [2.75, 3.05) is 13.6 Å². The van der Waals surface area contributed by atoms with Crippen molar-refractivity contribution in [2.24, 2.45) is 0 Å². The fourth-order valence-corrected chi connectivity index (χ4v) is 3.39. The lowest BCUT2D eigenvalue weighted by Gasteiger charge is -2.22. The summed E-state index contributed by atoms with van der Waals surface area (Å²) in [6.07, 6.45) is 3.79. The highest BCUT2D eigenvalue weighted by molar-refractivity contribution is 9.10. The molecule has 3 heteroatoms. The first-order valence-electron chi connectivity index (χ1n) is 6.24. The number of aryl methyl sites for hydroxylation is 1. The summed E-state index contributed by atoms with van der Waals surface area (Å²) in [7, 11) is 2.04. The minimum absolute atomic E-state index is 0.659. The zero-order valence-electron chi connectivity index (χ0n) is 10.0. The molecule has 1 aliphatic rings. The van der Waals surface area contributed by atoms with Crippen LogP contribution in [0, 0.1) is 0 Å². The van der Waals surface area contributed by atoms with Gasteiger partial charge in [0.2, 0.25) is 0 Å². The van der Waals surface area contributed by atoms with Gasteiger partial charge in [-0.1, -0.05) is 15.9 Å². The maximum absolute atomic E-state index is 3.58. The van der Waals surface area contributed by atoms with E-state index in [9.17, 15) is 0 Å². The zero-order chi connectivity index (χ0) is 11.8. The van der Waals surface area contributed by atoms with Crippen molar-refractivity contribution in [1.82, 2.24) is 10.3 Å². The maximum atomic E-state index is 3.58. The highest BCUT2D eigenvalue weighted by Crippen LogP contribution is 2.37. The summed E-state index contributed by atoms with van der Waals surface area (Å²) < 4.78 is 1.17. The highest BCUT2D eigenvalue weighted by atomic mass is 79.9.